The van der Waals surface area contributed by atoms with Crippen LogP contribution in [0.4, 0.5) is 10.5 Å². The van der Waals surface area contributed by atoms with E-state index in [4.69, 9.17) is 14.2 Å². The predicted octanol–water partition coefficient (Wildman–Crippen LogP) is 5.64. The molecule has 1 atom stereocenters. The minimum Gasteiger partial charge on any atom is -0.494 e. The van der Waals surface area contributed by atoms with Gasteiger partial charge in [-0.3, -0.25) is 5.32 Å². The summed E-state index contributed by atoms with van der Waals surface area (Å²) < 4.78 is 18.7. The van der Waals surface area contributed by atoms with Crippen LogP contribution in [0.2, 0.25) is 0 Å². The van der Waals surface area contributed by atoms with Gasteiger partial charge in [0.2, 0.25) is 0 Å². The Morgan fingerprint density at radius 2 is 2.03 bits per heavy atom. The zero-order valence-corrected chi connectivity index (χ0v) is 18.7. The van der Waals surface area contributed by atoms with Crippen LogP contribution in [0.5, 0.6) is 5.75 Å². The van der Waals surface area contributed by atoms with Crippen LogP contribution in [-0.4, -0.2) is 36.6 Å². The number of rotatable bonds is 7. The molecule has 3 aromatic rings. The highest BCUT2D eigenvalue weighted by molar-refractivity contribution is 5.96. The second kappa shape index (κ2) is 9.16. The Morgan fingerprint density at radius 3 is 2.70 bits per heavy atom. The lowest BCUT2D eigenvalue weighted by Crippen LogP contribution is -2.21. The van der Waals surface area contributed by atoms with Gasteiger partial charge in [0.05, 0.1) is 29.5 Å². The molecule has 1 amide bonds. The van der Waals surface area contributed by atoms with Crippen molar-refractivity contribution in [3.63, 3.8) is 0 Å². The molecule has 1 aliphatic carbocycles. The number of fused-ring (bicyclic) bond motifs is 1. The molecule has 0 bridgehead atoms. The van der Waals surface area contributed by atoms with E-state index in [-0.39, 0.29) is 12.7 Å². The van der Waals surface area contributed by atoms with E-state index in [0.29, 0.717) is 23.9 Å². The van der Waals surface area contributed by atoms with Crippen LogP contribution in [0.3, 0.4) is 0 Å². The maximum Gasteiger partial charge on any atom is 0.411 e. The summed E-state index contributed by atoms with van der Waals surface area (Å²) in [5.74, 6) is 0.807. The van der Waals surface area contributed by atoms with E-state index >= 15 is 0 Å². The molecule has 1 unspecified atom stereocenters. The van der Waals surface area contributed by atoms with Gasteiger partial charge >= 0.3 is 6.09 Å². The fraction of sp³-hybridized carbons (Fsp3) is 0.385. The molecule has 7 heteroatoms. The highest BCUT2D eigenvalue weighted by Gasteiger charge is 2.30. The zero-order valence-electron chi connectivity index (χ0n) is 18.7. The molecule has 170 valence electrons. The lowest BCUT2D eigenvalue weighted by atomic mass is 10.1. The third kappa shape index (κ3) is 4.39. The number of nitrogens with one attached hydrogen (secondary N) is 1. The number of nitrogens with zero attached hydrogens (tertiary/aromatic N) is 2. The Bertz CT molecular complexity index is 1200. The molecular weight excluding hydrogens is 418 g/mol. The van der Waals surface area contributed by atoms with Crippen LogP contribution in [-0.2, 0) is 9.47 Å². The van der Waals surface area contributed by atoms with Crippen LogP contribution < -0.4 is 10.1 Å². The second-order valence-corrected chi connectivity index (χ2v) is 8.48. The maximum absolute atomic E-state index is 12.1. The highest BCUT2D eigenvalue weighted by atomic mass is 16.6. The van der Waals surface area contributed by atoms with Crippen molar-refractivity contribution in [1.29, 1.82) is 5.26 Å². The number of carbonyl (C=O) groups excluding carboxylic acids is 1. The van der Waals surface area contributed by atoms with Crippen molar-refractivity contribution in [1.82, 2.24) is 4.57 Å². The number of ether oxygens (including phenoxy) is 3. The van der Waals surface area contributed by atoms with Crippen LogP contribution in [0.1, 0.15) is 44.2 Å². The molecule has 1 saturated carbocycles. The van der Waals surface area contributed by atoms with Gasteiger partial charge in [-0.2, -0.15) is 5.26 Å². The average Bonchev–Trinajstić information content (AvgIpc) is 3.42. The molecule has 0 spiro atoms. The predicted molar refractivity (Wildman–Crippen MR) is 125 cm³/mol. The number of anilines is 1. The molecule has 1 saturated heterocycles. The maximum atomic E-state index is 12.1. The van der Waals surface area contributed by atoms with Crippen molar-refractivity contribution in [3.05, 3.63) is 48.0 Å². The highest BCUT2D eigenvalue weighted by Crippen LogP contribution is 2.45. The summed E-state index contributed by atoms with van der Waals surface area (Å²) in [6, 6.07) is 16.3. The van der Waals surface area contributed by atoms with Crippen LogP contribution in [0.25, 0.3) is 22.2 Å². The first-order chi connectivity index (χ1) is 16.2. The van der Waals surface area contributed by atoms with Gasteiger partial charge < -0.3 is 18.8 Å². The fourth-order valence-electron chi connectivity index (χ4n) is 4.47. The van der Waals surface area contributed by atoms with Crippen LogP contribution in [0, 0.1) is 11.3 Å². The molecule has 33 heavy (non-hydrogen) atoms. The first-order valence-corrected chi connectivity index (χ1v) is 11.5. The number of amides is 1. The number of carbonyl (C=O) groups is 1. The molecule has 7 nitrogen and oxygen atoms in total. The molecule has 1 aliphatic heterocycles. The Morgan fingerprint density at radius 1 is 1.21 bits per heavy atom. The van der Waals surface area contributed by atoms with Gasteiger partial charge in [0.25, 0.3) is 0 Å². The SMILES string of the molecule is CCOc1ccc2c(C#N)c(-c3ccc(NC(=O)OCC4CCCO4)cc3)n(C3CC3)c2c1. The number of nitriles is 1. The first kappa shape index (κ1) is 21.4. The van der Waals surface area contributed by atoms with Gasteiger partial charge in [0.15, 0.2) is 0 Å². The summed E-state index contributed by atoms with van der Waals surface area (Å²) in [7, 11) is 0. The largest absolute Gasteiger partial charge is 0.494 e. The van der Waals surface area contributed by atoms with Crippen molar-refractivity contribution in [2.45, 2.75) is 44.8 Å². The monoisotopic (exact) mass is 445 g/mol. The quantitative estimate of drug-likeness (QED) is 0.509. The van der Waals surface area contributed by atoms with Gasteiger partial charge in [-0.05, 0) is 62.4 Å². The number of hydrogen-bond acceptors (Lipinski definition) is 5. The van der Waals surface area contributed by atoms with Crippen molar-refractivity contribution >= 4 is 22.7 Å². The minimum atomic E-state index is -0.494. The van der Waals surface area contributed by atoms with Gasteiger partial charge in [0.1, 0.15) is 18.4 Å². The standard InChI is InChI=1S/C26H27N3O4/c1-2-31-20-11-12-22-23(15-27)25(29(19-9-10-19)24(22)14-20)17-5-7-18(8-6-17)28-26(30)33-16-21-4-3-13-32-21/h5-8,11-12,14,19,21H,2-4,9-10,13,16H2,1H3,(H,28,30). The smallest absolute Gasteiger partial charge is 0.411 e. The molecule has 0 radical (unpaired) electrons. The Labute approximate surface area is 192 Å². The summed E-state index contributed by atoms with van der Waals surface area (Å²) in [4.78, 5) is 12.1. The van der Waals surface area contributed by atoms with E-state index < -0.39 is 6.09 Å². The van der Waals surface area contributed by atoms with Crippen LogP contribution >= 0.6 is 0 Å². The molecular formula is C26H27N3O4. The van der Waals surface area contributed by atoms with Gasteiger partial charge in [-0.25, -0.2) is 4.79 Å². The van der Waals surface area contributed by atoms with E-state index in [0.717, 1.165) is 60.2 Å². The summed E-state index contributed by atoms with van der Waals surface area (Å²) in [5, 5.41) is 13.7. The minimum absolute atomic E-state index is 0.00452. The third-order valence-corrected chi connectivity index (χ3v) is 6.14. The summed E-state index contributed by atoms with van der Waals surface area (Å²) in [6.45, 7) is 3.55. The Kier molecular flexibility index (Phi) is 5.93. The Balaban J connectivity index is 1.41. The number of benzene rings is 2. The molecule has 2 aliphatic rings. The van der Waals surface area contributed by atoms with Crippen molar-refractivity contribution in [2.24, 2.45) is 0 Å². The van der Waals surface area contributed by atoms with E-state index in [1.54, 1.807) is 0 Å². The Hall–Kier alpha value is -3.50. The van der Waals surface area contributed by atoms with Gasteiger partial charge in [0, 0.05) is 29.8 Å². The number of aromatic nitrogens is 1. The van der Waals surface area contributed by atoms with Crippen LogP contribution in [0.15, 0.2) is 42.5 Å². The van der Waals surface area contributed by atoms with Crippen molar-refractivity contribution in [2.75, 3.05) is 25.1 Å². The third-order valence-electron chi connectivity index (χ3n) is 6.14. The molecule has 1 N–H and O–H groups in total. The molecule has 1 aromatic heterocycles. The summed E-state index contributed by atoms with van der Waals surface area (Å²) >= 11 is 0. The molecule has 2 heterocycles. The molecule has 5 rings (SSSR count). The lowest BCUT2D eigenvalue weighted by molar-refractivity contribution is 0.0484. The molecule has 2 aromatic carbocycles. The second-order valence-electron chi connectivity index (χ2n) is 8.48. The van der Waals surface area contributed by atoms with E-state index in [1.807, 2.05) is 49.4 Å². The fourth-order valence-corrected chi connectivity index (χ4v) is 4.47. The zero-order chi connectivity index (χ0) is 22.8. The van der Waals surface area contributed by atoms with E-state index in [9.17, 15) is 10.1 Å². The first-order valence-electron chi connectivity index (χ1n) is 11.5. The topological polar surface area (TPSA) is 85.5 Å². The molecule has 2 fully saturated rings. The summed E-state index contributed by atoms with van der Waals surface area (Å²) in [6.07, 6.45) is 3.62. The van der Waals surface area contributed by atoms with Gasteiger partial charge in [-0.1, -0.05) is 12.1 Å². The van der Waals surface area contributed by atoms with Crippen molar-refractivity contribution < 1.29 is 19.0 Å². The normalized spacial score (nSPS) is 17.6. The lowest BCUT2D eigenvalue weighted by Gasteiger charge is -2.13. The number of hydrogen-bond donors (Lipinski definition) is 1. The van der Waals surface area contributed by atoms with E-state index in [2.05, 4.69) is 16.0 Å². The van der Waals surface area contributed by atoms with E-state index in [1.165, 1.54) is 0 Å². The average molecular weight is 446 g/mol. The van der Waals surface area contributed by atoms with Crippen molar-refractivity contribution in [3.8, 4) is 23.1 Å². The van der Waals surface area contributed by atoms with Gasteiger partial charge in [-0.15, -0.1) is 0 Å². The summed E-state index contributed by atoms with van der Waals surface area (Å²) in [5.41, 5.74) is 4.18.